The van der Waals surface area contributed by atoms with Gasteiger partial charge in [0.2, 0.25) is 0 Å². The van der Waals surface area contributed by atoms with E-state index in [0.29, 0.717) is 0 Å². The summed E-state index contributed by atoms with van der Waals surface area (Å²) in [6.45, 7) is 2.00. The highest BCUT2D eigenvalue weighted by Crippen LogP contribution is 2.25. The lowest BCUT2D eigenvalue weighted by Crippen LogP contribution is -1.94. The van der Waals surface area contributed by atoms with Gasteiger partial charge in [-0.2, -0.15) is 0 Å². The van der Waals surface area contributed by atoms with Crippen LogP contribution in [0.3, 0.4) is 0 Å². The van der Waals surface area contributed by atoms with Crippen LogP contribution in [0.15, 0.2) is 72.9 Å². The first-order valence-corrected chi connectivity index (χ1v) is 7.56. The standard InChI is InChI=1S/C20H15N3/c1-14-20(23-19-8-3-2-7-18(19)22-14)16-11-9-15(10-12-16)17-6-4-5-13-21-17/h2-13H,1H3. The Morgan fingerprint density at radius 2 is 1.30 bits per heavy atom. The fourth-order valence-electron chi connectivity index (χ4n) is 2.69. The van der Waals surface area contributed by atoms with Crippen molar-refractivity contribution in [3.8, 4) is 22.5 Å². The lowest BCUT2D eigenvalue weighted by atomic mass is 10.0. The number of aromatic nitrogens is 3. The number of fused-ring (bicyclic) bond motifs is 1. The minimum atomic E-state index is 0.918. The van der Waals surface area contributed by atoms with Gasteiger partial charge in [0.1, 0.15) is 0 Å². The minimum Gasteiger partial charge on any atom is -0.256 e. The number of pyridine rings is 1. The molecule has 0 fully saturated rings. The number of para-hydroxylation sites is 2. The second-order valence-corrected chi connectivity index (χ2v) is 5.44. The van der Waals surface area contributed by atoms with Crippen LogP contribution < -0.4 is 0 Å². The van der Waals surface area contributed by atoms with Crippen molar-refractivity contribution in [2.45, 2.75) is 6.92 Å². The molecule has 0 aliphatic carbocycles. The molecule has 0 amide bonds. The third-order valence-corrected chi connectivity index (χ3v) is 3.86. The maximum Gasteiger partial charge on any atom is 0.0922 e. The summed E-state index contributed by atoms with van der Waals surface area (Å²) in [6.07, 6.45) is 1.81. The van der Waals surface area contributed by atoms with Gasteiger partial charge in [-0.1, -0.05) is 42.5 Å². The van der Waals surface area contributed by atoms with E-state index < -0.39 is 0 Å². The first kappa shape index (κ1) is 13.6. The molecule has 0 N–H and O–H groups in total. The summed E-state index contributed by atoms with van der Waals surface area (Å²) in [7, 11) is 0. The third-order valence-electron chi connectivity index (χ3n) is 3.86. The Morgan fingerprint density at radius 1 is 0.652 bits per heavy atom. The largest absolute Gasteiger partial charge is 0.256 e. The second kappa shape index (κ2) is 5.61. The molecule has 3 heteroatoms. The molecule has 2 aromatic carbocycles. The van der Waals surface area contributed by atoms with Gasteiger partial charge >= 0.3 is 0 Å². The number of benzene rings is 2. The van der Waals surface area contributed by atoms with Crippen molar-refractivity contribution in [3.63, 3.8) is 0 Å². The smallest absolute Gasteiger partial charge is 0.0922 e. The molecule has 0 saturated carbocycles. The van der Waals surface area contributed by atoms with E-state index in [9.17, 15) is 0 Å². The Labute approximate surface area is 134 Å². The van der Waals surface area contributed by atoms with E-state index in [1.165, 1.54) is 0 Å². The van der Waals surface area contributed by atoms with Gasteiger partial charge in [-0.25, -0.2) is 9.97 Å². The molecule has 0 atom stereocenters. The average Bonchev–Trinajstić information content (AvgIpc) is 2.62. The minimum absolute atomic E-state index is 0.918. The van der Waals surface area contributed by atoms with E-state index in [4.69, 9.17) is 4.98 Å². The van der Waals surface area contributed by atoms with Crippen molar-refractivity contribution in [3.05, 3.63) is 78.6 Å². The van der Waals surface area contributed by atoms with Crippen molar-refractivity contribution in [1.82, 2.24) is 15.0 Å². The maximum absolute atomic E-state index is 4.77. The molecule has 0 aliphatic heterocycles. The third kappa shape index (κ3) is 2.57. The normalized spacial score (nSPS) is 10.8. The molecular weight excluding hydrogens is 282 g/mol. The Hall–Kier alpha value is -3.07. The SMILES string of the molecule is Cc1nc2ccccc2nc1-c1ccc(-c2ccccn2)cc1. The maximum atomic E-state index is 4.77. The van der Waals surface area contributed by atoms with Crippen molar-refractivity contribution >= 4 is 11.0 Å². The van der Waals surface area contributed by atoms with Gasteiger partial charge in [-0.15, -0.1) is 0 Å². The number of hydrogen-bond acceptors (Lipinski definition) is 3. The topological polar surface area (TPSA) is 38.7 Å². The molecular formula is C20H15N3. The molecule has 4 rings (SSSR count). The van der Waals surface area contributed by atoms with Crippen molar-refractivity contribution < 1.29 is 0 Å². The molecule has 4 aromatic rings. The molecule has 0 saturated heterocycles. The van der Waals surface area contributed by atoms with Crippen LogP contribution in [-0.2, 0) is 0 Å². The molecule has 2 heterocycles. The van der Waals surface area contributed by atoms with Crippen LogP contribution in [0.4, 0.5) is 0 Å². The summed E-state index contributed by atoms with van der Waals surface area (Å²) in [6, 6.07) is 22.2. The Morgan fingerprint density at radius 3 is 2.00 bits per heavy atom. The summed E-state index contributed by atoms with van der Waals surface area (Å²) in [4.78, 5) is 13.8. The molecule has 0 unspecified atom stereocenters. The molecule has 0 radical (unpaired) electrons. The zero-order valence-corrected chi connectivity index (χ0v) is 12.8. The molecule has 0 aliphatic rings. The Bertz CT molecular complexity index is 961. The van der Waals surface area contributed by atoms with E-state index in [1.54, 1.807) is 0 Å². The van der Waals surface area contributed by atoms with Crippen LogP contribution in [-0.4, -0.2) is 15.0 Å². The van der Waals surface area contributed by atoms with E-state index in [2.05, 4.69) is 34.2 Å². The van der Waals surface area contributed by atoms with Gasteiger partial charge in [0.15, 0.2) is 0 Å². The first-order valence-electron chi connectivity index (χ1n) is 7.56. The van der Waals surface area contributed by atoms with Crippen LogP contribution in [0.25, 0.3) is 33.5 Å². The first-order chi connectivity index (χ1) is 11.3. The van der Waals surface area contributed by atoms with Crippen molar-refractivity contribution in [2.24, 2.45) is 0 Å². The second-order valence-electron chi connectivity index (χ2n) is 5.44. The van der Waals surface area contributed by atoms with Crippen LogP contribution in [0.5, 0.6) is 0 Å². The summed E-state index contributed by atoms with van der Waals surface area (Å²) < 4.78 is 0. The molecule has 23 heavy (non-hydrogen) atoms. The van der Waals surface area contributed by atoms with Crippen LogP contribution in [0.2, 0.25) is 0 Å². The Kier molecular flexibility index (Phi) is 3.31. The lowest BCUT2D eigenvalue weighted by molar-refractivity contribution is 1.19. The number of nitrogens with zero attached hydrogens (tertiary/aromatic N) is 3. The van der Waals surface area contributed by atoms with Gasteiger partial charge in [-0.3, -0.25) is 4.98 Å². The highest BCUT2D eigenvalue weighted by atomic mass is 14.8. The average molecular weight is 297 g/mol. The highest BCUT2D eigenvalue weighted by molar-refractivity contribution is 5.78. The van der Waals surface area contributed by atoms with E-state index in [0.717, 1.165) is 39.2 Å². The Balaban J connectivity index is 1.78. The molecule has 2 aromatic heterocycles. The van der Waals surface area contributed by atoms with Crippen LogP contribution >= 0.6 is 0 Å². The summed E-state index contributed by atoms with van der Waals surface area (Å²) in [5, 5.41) is 0. The van der Waals surface area contributed by atoms with Crippen molar-refractivity contribution in [2.75, 3.05) is 0 Å². The fraction of sp³-hybridized carbons (Fsp3) is 0.0500. The van der Waals surface area contributed by atoms with Gasteiger partial charge in [0.05, 0.1) is 28.1 Å². The lowest BCUT2D eigenvalue weighted by Gasteiger charge is -2.08. The van der Waals surface area contributed by atoms with Crippen LogP contribution in [0, 0.1) is 6.92 Å². The summed E-state index contributed by atoms with van der Waals surface area (Å²) >= 11 is 0. The monoisotopic (exact) mass is 297 g/mol. The summed E-state index contributed by atoms with van der Waals surface area (Å²) in [5.41, 5.74) is 6.85. The summed E-state index contributed by atoms with van der Waals surface area (Å²) in [5.74, 6) is 0. The van der Waals surface area contributed by atoms with Gasteiger partial charge in [0.25, 0.3) is 0 Å². The number of hydrogen-bond donors (Lipinski definition) is 0. The van der Waals surface area contributed by atoms with E-state index >= 15 is 0 Å². The molecule has 0 bridgehead atoms. The van der Waals surface area contributed by atoms with E-state index in [1.807, 2.05) is 55.6 Å². The quantitative estimate of drug-likeness (QED) is 0.540. The number of rotatable bonds is 2. The molecule has 3 nitrogen and oxygen atoms in total. The molecule has 0 spiro atoms. The highest BCUT2D eigenvalue weighted by Gasteiger charge is 2.08. The van der Waals surface area contributed by atoms with E-state index in [-0.39, 0.29) is 0 Å². The van der Waals surface area contributed by atoms with Gasteiger partial charge in [-0.05, 0) is 31.2 Å². The van der Waals surface area contributed by atoms with Gasteiger partial charge < -0.3 is 0 Å². The zero-order valence-electron chi connectivity index (χ0n) is 12.8. The van der Waals surface area contributed by atoms with Gasteiger partial charge in [0, 0.05) is 17.3 Å². The fourth-order valence-corrected chi connectivity index (χ4v) is 2.69. The number of aryl methyl sites for hydroxylation is 1. The van der Waals surface area contributed by atoms with Crippen LogP contribution in [0.1, 0.15) is 5.69 Å². The predicted molar refractivity (Wildman–Crippen MR) is 92.9 cm³/mol. The molecule has 110 valence electrons. The zero-order chi connectivity index (χ0) is 15.6. The predicted octanol–water partition coefficient (Wildman–Crippen LogP) is 4.67. The van der Waals surface area contributed by atoms with Crippen molar-refractivity contribution in [1.29, 1.82) is 0 Å².